The third-order valence-electron chi connectivity index (χ3n) is 8.12. The van der Waals surface area contributed by atoms with Crippen molar-refractivity contribution in [2.45, 2.75) is 78.1 Å². The number of aryl methyl sites for hydroxylation is 2. The Bertz CT molecular complexity index is 1460. The SMILES string of the molecule is CCCCCCc1c2ccccc2c(CCCCCC)c2c(-c3ccccc3)c(-c3ccccc3)ccc12. The van der Waals surface area contributed by atoms with Crippen LogP contribution in [0.25, 0.3) is 43.8 Å². The molecule has 194 valence electrons. The first-order valence-corrected chi connectivity index (χ1v) is 14.9. The molecule has 0 saturated carbocycles. The van der Waals surface area contributed by atoms with Crippen LogP contribution in [0.5, 0.6) is 0 Å². The Morgan fingerprint density at radius 3 is 1.55 bits per heavy atom. The van der Waals surface area contributed by atoms with Crippen LogP contribution in [-0.2, 0) is 12.8 Å². The van der Waals surface area contributed by atoms with Gasteiger partial charge in [0.1, 0.15) is 0 Å². The lowest BCUT2D eigenvalue weighted by molar-refractivity contribution is 0.668. The first-order chi connectivity index (χ1) is 18.8. The summed E-state index contributed by atoms with van der Waals surface area (Å²) in [6.07, 6.45) is 12.5. The fourth-order valence-corrected chi connectivity index (χ4v) is 6.21. The molecule has 0 nitrogen and oxygen atoms in total. The van der Waals surface area contributed by atoms with Crippen molar-refractivity contribution in [1.82, 2.24) is 0 Å². The van der Waals surface area contributed by atoms with Gasteiger partial charge < -0.3 is 0 Å². The van der Waals surface area contributed by atoms with E-state index in [2.05, 4.69) is 111 Å². The van der Waals surface area contributed by atoms with E-state index in [1.54, 1.807) is 11.1 Å². The van der Waals surface area contributed by atoms with Gasteiger partial charge in [-0.05, 0) is 80.6 Å². The third kappa shape index (κ3) is 5.56. The van der Waals surface area contributed by atoms with Crippen molar-refractivity contribution in [1.29, 1.82) is 0 Å². The summed E-state index contributed by atoms with van der Waals surface area (Å²) in [5.41, 5.74) is 8.44. The second-order valence-corrected chi connectivity index (χ2v) is 10.8. The summed E-state index contributed by atoms with van der Waals surface area (Å²) >= 11 is 0. The van der Waals surface area contributed by atoms with E-state index < -0.39 is 0 Å². The minimum absolute atomic E-state index is 1.13. The summed E-state index contributed by atoms with van der Waals surface area (Å²) in [5.74, 6) is 0. The molecule has 0 spiro atoms. The highest BCUT2D eigenvalue weighted by Crippen LogP contribution is 2.44. The number of hydrogen-bond donors (Lipinski definition) is 0. The van der Waals surface area contributed by atoms with Crippen molar-refractivity contribution >= 4 is 21.5 Å². The monoisotopic (exact) mass is 498 g/mol. The van der Waals surface area contributed by atoms with Crippen LogP contribution in [0.4, 0.5) is 0 Å². The Labute approximate surface area is 229 Å². The number of benzene rings is 5. The van der Waals surface area contributed by atoms with Crippen LogP contribution < -0.4 is 0 Å². The van der Waals surface area contributed by atoms with E-state index in [-0.39, 0.29) is 0 Å². The molecule has 0 atom stereocenters. The first-order valence-electron chi connectivity index (χ1n) is 14.9. The van der Waals surface area contributed by atoms with Gasteiger partial charge in [-0.2, -0.15) is 0 Å². The number of rotatable bonds is 12. The zero-order valence-corrected chi connectivity index (χ0v) is 23.3. The van der Waals surface area contributed by atoms with E-state index in [9.17, 15) is 0 Å². The Morgan fingerprint density at radius 1 is 0.421 bits per heavy atom. The van der Waals surface area contributed by atoms with E-state index in [1.807, 2.05) is 0 Å². The van der Waals surface area contributed by atoms with Gasteiger partial charge in [-0.3, -0.25) is 0 Å². The predicted octanol–water partition coefficient (Wildman–Crippen LogP) is 11.6. The lowest BCUT2D eigenvalue weighted by Crippen LogP contribution is -2.00. The largest absolute Gasteiger partial charge is 0.0654 e. The predicted molar refractivity (Wildman–Crippen MR) is 168 cm³/mol. The van der Waals surface area contributed by atoms with Crippen LogP contribution >= 0.6 is 0 Å². The fourth-order valence-electron chi connectivity index (χ4n) is 6.21. The van der Waals surface area contributed by atoms with Crippen molar-refractivity contribution in [2.75, 3.05) is 0 Å². The molecule has 0 unspecified atom stereocenters. The van der Waals surface area contributed by atoms with Crippen molar-refractivity contribution in [3.63, 3.8) is 0 Å². The van der Waals surface area contributed by atoms with Crippen LogP contribution in [0.3, 0.4) is 0 Å². The van der Waals surface area contributed by atoms with Crippen LogP contribution in [0, 0.1) is 0 Å². The minimum atomic E-state index is 1.13. The Morgan fingerprint density at radius 2 is 0.947 bits per heavy atom. The lowest BCUT2D eigenvalue weighted by Gasteiger charge is -2.22. The molecule has 38 heavy (non-hydrogen) atoms. The number of hydrogen-bond acceptors (Lipinski definition) is 0. The second-order valence-electron chi connectivity index (χ2n) is 10.8. The van der Waals surface area contributed by atoms with Gasteiger partial charge in [0.15, 0.2) is 0 Å². The second kappa shape index (κ2) is 12.9. The van der Waals surface area contributed by atoms with Crippen LogP contribution in [0.15, 0.2) is 97.1 Å². The van der Waals surface area contributed by atoms with Crippen molar-refractivity contribution in [2.24, 2.45) is 0 Å². The maximum atomic E-state index is 2.45. The van der Waals surface area contributed by atoms with E-state index in [1.165, 1.54) is 95.2 Å². The number of fused-ring (bicyclic) bond motifs is 2. The summed E-state index contributed by atoms with van der Waals surface area (Å²) in [5, 5.41) is 5.88. The van der Waals surface area contributed by atoms with Crippen molar-refractivity contribution < 1.29 is 0 Å². The smallest absolute Gasteiger partial charge is 0.00237 e. The molecule has 0 heteroatoms. The zero-order valence-electron chi connectivity index (χ0n) is 23.3. The summed E-state index contributed by atoms with van der Waals surface area (Å²) in [4.78, 5) is 0. The average molecular weight is 499 g/mol. The Kier molecular flexibility index (Phi) is 8.92. The minimum Gasteiger partial charge on any atom is -0.0654 e. The van der Waals surface area contributed by atoms with E-state index in [0.29, 0.717) is 0 Å². The molecule has 0 aromatic heterocycles. The summed E-state index contributed by atoms with van der Waals surface area (Å²) in [6.45, 7) is 4.60. The molecule has 0 saturated heterocycles. The molecule has 0 aliphatic heterocycles. The summed E-state index contributed by atoms with van der Waals surface area (Å²) in [7, 11) is 0. The first kappa shape index (κ1) is 26.2. The lowest BCUT2D eigenvalue weighted by atomic mass is 9.81. The molecular formula is C38H42. The highest BCUT2D eigenvalue weighted by Gasteiger charge is 2.20. The maximum absolute atomic E-state index is 2.45. The molecule has 5 aromatic carbocycles. The van der Waals surface area contributed by atoms with E-state index in [0.717, 1.165) is 12.8 Å². The van der Waals surface area contributed by atoms with Gasteiger partial charge in [-0.1, -0.05) is 149 Å². The topological polar surface area (TPSA) is 0 Å². The van der Waals surface area contributed by atoms with Gasteiger partial charge in [0.2, 0.25) is 0 Å². The van der Waals surface area contributed by atoms with Gasteiger partial charge in [0.25, 0.3) is 0 Å². The molecule has 0 N–H and O–H groups in total. The molecule has 0 heterocycles. The van der Waals surface area contributed by atoms with Crippen LogP contribution in [0.1, 0.15) is 76.3 Å². The van der Waals surface area contributed by atoms with Gasteiger partial charge >= 0.3 is 0 Å². The standard InChI is InChI=1S/C38H42/c1-3-5-7-15-23-34-32-24-17-18-25-33(32)35(26-16-8-6-4-2)38-36(34)28-27-31(29-19-11-9-12-20-29)37(38)30-21-13-10-14-22-30/h9-14,17-22,24-25,27-28H,3-8,15-16,23,26H2,1-2H3. The van der Waals surface area contributed by atoms with Crippen LogP contribution in [-0.4, -0.2) is 0 Å². The van der Waals surface area contributed by atoms with Crippen molar-refractivity contribution in [3.8, 4) is 22.3 Å². The molecule has 0 radical (unpaired) electrons. The summed E-state index contributed by atoms with van der Waals surface area (Å²) < 4.78 is 0. The van der Waals surface area contributed by atoms with Gasteiger partial charge in [-0.15, -0.1) is 0 Å². The maximum Gasteiger partial charge on any atom is -0.00237 e. The van der Waals surface area contributed by atoms with E-state index >= 15 is 0 Å². The molecule has 0 bridgehead atoms. The number of unbranched alkanes of at least 4 members (excludes halogenated alkanes) is 6. The van der Waals surface area contributed by atoms with E-state index in [4.69, 9.17) is 0 Å². The molecule has 0 aliphatic carbocycles. The zero-order chi connectivity index (χ0) is 26.2. The highest BCUT2D eigenvalue weighted by atomic mass is 14.2. The average Bonchev–Trinajstić information content (AvgIpc) is 2.98. The quantitative estimate of drug-likeness (QED) is 0.118. The van der Waals surface area contributed by atoms with Gasteiger partial charge in [0, 0.05) is 0 Å². The molecular weight excluding hydrogens is 456 g/mol. The molecule has 5 aromatic rings. The fraction of sp³-hybridized carbons (Fsp3) is 0.316. The van der Waals surface area contributed by atoms with Gasteiger partial charge in [0.05, 0.1) is 0 Å². The molecule has 0 fully saturated rings. The molecule has 5 rings (SSSR count). The Hall–Kier alpha value is -3.38. The highest BCUT2D eigenvalue weighted by molar-refractivity contribution is 6.14. The third-order valence-corrected chi connectivity index (χ3v) is 8.12. The molecule has 0 aliphatic rings. The normalized spacial score (nSPS) is 11.4. The summed E-state index contributed by atoms with van der Waals surface area (Å²) in [6, 6.07) is 36.2. The van der Waals surface area contributed by atoms with Crippen LogP contribution in [0.2, 0.25) is 0 Å². The Balaban J connectivity index is 1.84. The van der Waals surface area contributed by atoms with Crippen molar-refractivity contribution in [3.05, 3.63) is 108 Å². The van der Waals surface area contributed by atoms with Gasteiger partial charge in [-0.25, -0.2) is 0 Å². The molecule has 0 amide bonds.